The Bertz CT molecular complexity index is 1750. The van der Waals surface area contributed by atoms with Gasteiger partial charge in [0.25, 0.3) is 0 Å². The molecule has 0 saturated heterocycles. The third-order valence-corrected chi connectivity index (χ3v) is 23.6. The first kappa shape index (κ1) is 82.2. The van der Waals surface area contributed by atoms with Gasteiger partial charge in [0.15, 0.2) is 0 Å². The molecule has 4 rings (SSSR count). The lowest BCUT2D eigenvalue weighted by molar-refractivity contribution is 0.00601. The van der Waals surface area contributed by atoms with Crippen molar-refractivity contribution in [2.24, 2.45) is 17.3 Å². The zero-order valence-corrected chi connectivity index (χ0v) is 63.0. The van der Waals surface area contributed by atoms with E-state index in [1.54, 1.807) is 0 Å². The second-order valence-electron chi connectivity index (χ2n) is 29.6. The Hall–Kier alpha value is -1.26. The molecule has 0 aliphatic heterocycles. The largest absolute Gasteiger partial charge is 0.427 e. The molecule has 2 aliphatic carbocycles. The van der Waals surface area contributed by atoms with Crippen LogP contribution in [0.15, 0.2) is 48.5 Å². The summed E-state index contributed by atoms with van der Waals surface area (Å²) in [4.78, 5) is 0. The number of aryl methyl sites for hydroxylation is 2. The molecule has 0 heterocycles. The van der Waals surface area contributed by atoms with Crippen molar-refractivity contribution < 1.29 is 27.1 Å². The minimum atomic E-state index is -1.48. The van der Waals surface area contributed by atoms with Crippen LogP contribution < -0.4 is 9.05 Å². The highest BCUT2D eigenvalue weighted by molar-refractivity contribution is 7.42. The summed E-state index contributed by atoms with van der Waals surface area (Å²) < 4.78 is 40.6. The molecular formula is C83H150O6P2. The molecule has 2 fully saturated rings. The fraction of sp³-hybridized carbons (Fsp3) is 0.855. The maximum Gasteiger partial charge on any atom is 0.397 e. The molecule has 2 unspecified atom stereocenters. The fourth-order valence-electron chi connectivity index (χ4n) is 14.8. The van der Waals surface area contributed by atoms with Gasteiger partial charge in [0, 0.05) is 0 Å². The lowest BCUT2D eigenvalue weighted by Crippen LogP contribution is -2.38. The predicted octanol–water partition coefficient (Wildman–Crippen LogP) is 29.7. The van der Waals surface area contributed by atoms with E-state index in [9.17, 15) is 0 Å². The molecular weight excluding hydrogens is 1150 g/mol. The molecule has 0 spiro atoms. The third-order valence-electron chi connectivity index (χ3n) is 21.1. The minimum absolute atomic E-state index is 0.178. The van der Waals surface area contributed by atoms with E-state index < -0.39 is 17.2 Å². The van der Waals surface area contributed by atoms with Gasteiger partial charge in [-0.3, -0.25) is 9.05 Å². The zero-order valence-electron chi connectivity index (χ0n) is 61.2. The molecule has 0 bridgehead atoms. The zero-order chi connectivity index (χ0) is 64.6. The normalized spacial score (nSPS) is 17.8. The molecule has 0 aromatic heterocycles. The average molecular weight is 1310 g/mol. The van der Waals surface area contributed by atoms with Crippen LogP contribution in [-0.4, -0.2) is 25.4 Å². The van der Waals surface area contributed by atoms with Crippen molar-refractivity contribution in [3.05, 3.63) is 59.7 Å². The van der Waals surface area contributed by atoms with Gasteiger partial charge in [-0.1, -0.05) is 348 Å². The average Bonchev–Trinajstić information content (AvgIpc) is 1.24. The van der Waals surface area contributed by atoms with Crippen molar-refractivity contribution in [3.63, 3.8) is 0 Å². The number of rotatable bonds is 64. The van der Waals surface area contributed by atoms with Crippen molar-refractivity contribution in [2.75, 3.05) is 13.2 Å². The number of hydrogen-bond acceptors (Lipinski definition) is 6. The topological polar surface area (TPSA) is 55.4 Å². The van der Waals surface area contributed by atoms with Crippen LogP contribution in [0, 0.1) is 17.3 Å². The van der Waals surface area contributed by atoms with Gasteiger partial charge in [-0.2, -0.15) is 0 Å². The van der Waals surface area contributed by atoms with Gasteiger partial charge in [0.2, 0.25) is 0 Å². The second-order valence-corrected chi connectivity index (χ2v) is 31.8. The second kappa shape index (κ2) is 57.8. The molecule has 528 valence electrons. The van der Waals surface area contributed by atoms with Crippen molar-refractivity contribution in [2.45, 2.75) is 426 Å². The molecule has 2 aromatic rings. The van der Waals surface area contributed by atoms with Crippen LogP contribution in [0.2, 0.25) is 0 Å². The van der Waals surface area contributed by atoms with Gasteiger partial charge in [-0.05, 0) is 143 Å². The molecule has 6 nitrogen and oxygen atoms in total. The van der Waals surface area contributed by atoms with Crippen LogP contribution in [0.1, 0.15) is 412 Å². The summed E-state index contributed by atoms with van der Waals surface area (Å²) in [6.45, 7) is 15.8. The third kappa shape index (κ3) is 42.9. The summed E-state index contributed by atoms with van der Waals surface area (Å²) in [5.41, 5.74) is 3.01. The number of unbranched alkanes of at least 4 members (excludes halogenated alkanes) is 44. The lowest BCUT2D eigenvalue weighted by atomic mass is 9.60. The smallest absolute Gasteiger partial charge is 0.397 e. The summed E-state index contributed by atoms with van der Waals surface area (Å²) in [6.07, 6.45) is 77.0. The highest BCUT2D eigenvalue weighted by Gasteiger charge is 2.42. The fourth-order valence-corrected chi connectivity index (χ4v) is 17.1. The number of hydrogen-bond donors (Lipinski definition) is 0. The Labute approximate surface area is 569 Å². The summed E-state index contributed by atoms with van der Waals surface area (Å²) in [5, 5.41) is 0. The molecule has 91 heavy (non-hydrogen) atoms. The van der Waals surface area contributed by atoms with E-state index in [1.165, 1.54) is 332 Å². The quantitative estimate of drug-likeness (QED) is 0.0486. The van der Waals surface area contributed by atoms with Crippen molar-refractivity contribution >= 4 is 17.2 Å². The molecule has 2 aliphatic rings. The lowest BCUT2D eigenvalue weighted by Gasteiger charge is -2.46. The summed E-state index contributed by atoms with van der Waals surface area (Å²) in [7, 11) is -2.96. The van der Waals surface area contributed by atoms with Gasteiger partial charge in [-0.15, -0.1) is 0 Å². The van der Waals surface area contributed by atoms with Crippen LogP contribution >= 0.6 is 17.2 Å². The van der Waals surface area contributed by atoms with Crippen LogP contribution in [-0.2, 0) is 30.9 Å². The number of benzene rings is 2. The van der Waals surface area contributed by atoms with Gasteiger partial charge in [-0.25, -0.2) is 0 Å². The first-order valence-electron chi connectivity index (χ1n) is 40.6. The summed E-state index contributed by atoms with van der Waals surface area (Å²) in [6, 6.07) is 17.7. The van der Waals surface area contributed by atoms with Crippen LogP contribution in [0.25, 0.3) is 0 Å². The Morgan fingerprint density at radius 3 is 0.813 bits per heavy atom. The molecule has 0 radical (unpaired) electrons. The Morgan fingerprint density at radius 1 is 0.308 bits per heavy atom. The van der Waals surface area contributed by atoms with Gasteiger partial charge < -0.3 is 18.1 Å². The monoisotopic (exact) mass is 1310 g/mol. The predicted molar refractivity (Wildman–Crippen MR) is 399 cm³/mol. The van der Waals surface area contributed by atoms with Crippen LogP contribution in [0.4, 0.5) is 0 Å². The van der Waals surface area contributed by atoms with Crippen molar-refractivity contribution in [3.8, 4) is 11.5 Å². The molecule has 0 N–H and O–H groups in total. The van der Waals surface area contributed by atoms with E-state index in [1.807, 2.05) is 0 Å². The van der Waals surface area contributed by atoms with E-state index in [-0.39, 0.29) is 17.6 Å². The van der Waals surface area contributed by atoms with Gasteiger partial charge in [0.05, 0.1) is 25.4 Å². The van der Waals surface area contributed by atoms with E-state index in [0.29, 0.717) is 25.0 Å². The summed E-state index contributed by atoms with van der Waals surface area (Å²) in [5.74, 6) is 3.18. The molecule has 2 aromatic carbocycles. The van der Waals surface area contributed by atoms with E-state index >= 15 is 0 Å². The first-order valence-corrected chi connectivity index (χ1v) is 42.8. The first-order chi connectivity index (χ1) is 44.8. The Kier molecular flexibility index (Phi) is 52.2. The highest BCUT2D eigenvalue weighted by atomic mass is 31.2. The van der Waals surface area contributed by atoms with E-state index in [4.69, 9.17) is 27.1 Å². The van der Waals surface area contributed by atoms with Crippen LogP contribution in [0.5, 0.6) is 11.5 Å². The Balaban J connectivity index is 1.24. The SMILES string of the molecule is CCCCCCCCCCCCCCOP(Oc1cccc(CCCCCCCCCCCCCC)c1)OC1CCC(C(C)(C)C2CCC(OP(OCCCCCCCCCCCCCC)Oc3cccc(CCCCCCCCCCCCCC)c3)CC2)CC1. The molecule has 8 heteroatoms. The van der Waals surface area contributed by atoms with E-state index in [2.05, 4.69) is 90.1 Å². The molecule has 2 atom stereocenters. The van der Waals surface area contributed by atoms with Crippen molar-refractivity contribution in [1.29, 1.82) is 0 Å². The highest BCUT2D eigenvalue weighted by Crippen LogP contribution is 2.53. The maximum atomic E-state index is 6.94. The molecule has 2 saturated carbocycles. The van der Waals surface area contributed by atoms with Gasteiger partial charge >= 0.3 is 17.2 Å². The standard InChI is InChI=1S/C83H150O6P2/c1-7-11-15-19-23-27-31-35-39-43-47-51-57-75-59-55-61-81(73-75)88-90(84-71-53-49-45-41-37-33-29-25-21-17-13-9-3)86-79-67-63-77(64-68-79)83(5,6)78-65-69-80(70-66-78)87-91(85-72-54-50-46-42-38-34-30-26-22-18-14-10-4)89-82-62-56-60-76(74-82)58-52-48-44-40-36-32-28-24-20-16-12-8-2/h55-56,59-62,73-74,77-80H,7-54,57-58,63-72H2,1-6H3. The van der Waals surface area contributed by atoms with Crippen LogP contribution in [0.3, 0.4) is 0 Å². The Morgan fingerprint density at radius 2 is 0.549 bits per heavy atom. The summed E-state index contributed by atoms with van der Waals surface area (Å²) >= 11 is 0. The van der Waals surface area contributed by atoms with Gasteiger partial charge in [0.1, 0.15) is 11.5 Å². The molecule has 0 amide bonds. The minimum Gasteiger partial charge on any atom is -0.427 e. The maximum absolute atomic E-state index is 6.94. The van der Waals surface area contributed by atoms with Crippen molar-refractivity contribution in [1.82, 2.24) is 0 Å². The van der Waals surface area contributed by atoms with E-state index in [0.717, 1.165) is 62.9 Å².